The number of rotatable bonds is 4. The third-order valence-corrected chi connectivity index (χ3v) is 6.03. The first-order valence-corrected chi connectivity index (χ1v) is 9.95. The van der Waals surface area contributed by atoms with Gasteiger partial charge in [0.15, 0.2) is 0 Å². The van der Waals surface area contributed by atoms with Gasteiger partial charge in [-0.3, -0.25) is 4.79 Å². The number of nitrogens with zero attached hydrogens (tertiary/aromatic N) is 3. The number of fused-ring (bicyclic) bond motifs is 2. The highest BCUT2D eigenvalue weighted by atomic mass is 16.5. The van der Waals surface area contributed by atoms with Gasteiger partial charge in [-0.25, -0.2) is 9.97 Å². The van der Waals surface area contributed by atoms with E-state index in [1.807, 2.05) is 24.0 Å². The fourth-order valence-electron chi connectivity index (χ4n) is 4.09. The van der Waals surface area contributed by atoms with Gasteiger partial charge < -0.3 is 19.4 Å². The van der Waals surface area contributed by atoms with Crippen LogP contribution >= 0.6 is 0 Å². The number of hydrogen-bond donors (Lipinski definition) is 1. The lowest BCUT2D eigenvalue weighted by atomic mass is 9.98. The zero-order chi connectivity index (χ0) is 20.2. The summed E-state index contributed by atoms with van der Waals surface area (Å²) >= 11 is 0. The highest BCUT2D eigenvalue weighted by Gasteiger charge is 2.39. The summed E-state index contributed by atoms with van der Waals surface area (Å²) in [6.07, 6.45) is 4.42. The Balaban J connectivity index is 1.52. The standard InChI is InChI=1S/C22H24N4O3/c1-13-17(18-19(25-22(2)8-9-22)23-12-24-20(18)29-13)21(27)26-10-7-15-14(11-26)5-4-6-16(15)28-3/h4-6,12H,7-11H2,1-3H3,(H,23,24,25). The Morgan fingerprint density at radius 3 is 2.90 bits per heavy atom. The molecule has 3 aromatic rings. The number of hydrogen-bond acceptors (Lipinski definition) is 6. The van der Waals surface area contributed by atoms with Crippen molar-refractivity contribution in [3.05, 3.63) is 47.0 Å². The average Bonchev–Trinajstić information content (AvgIpc) is 3.34. The number of benzene rings is 1. The van der Waals surface area contributed by atoms with E-state index in [0.717, 1.165) is 30.6 Å². The lowest BCUT2D eigenvalue weighted by molar-refractivity contribution is 0.0733. The summed E-state index contributed by atoms with van der Waals surface area (Å²) in [6.45, 7) is 5.15. The number of carbonyl (C=O) groups is 1. The number of aromatic nitrogens is 2. The largest absolute Gasteiger partial charge is 0.496 e. The van der Waals surface area contributed by atoms with Gasteiger partial charge in [-0.1, -0.05) is 12.1 Å². The molecule has 2 aliphatic rings. The molecule has 1 aliphatic carbocycles. The van der Waals surface area contributed by atoms with E-state index in [2.05, 4.69) is 28.3 Å². The van der Waals surface area contributed by atoms with Crippen molar-refractivity contribution in [3.63, 3.8) is 0 Å². The molecule has 7 heteroatoms. The molecule has 1 N–H and O–H groups in total. The van der Waals surface area contributed by atoms with Crippen LogP contribution in [0.1, 0.15) is 47.0 Å². The number of methoxy groups -OCH3 is 1. The van der Waals surface area contributed by atoms with Crippen LogP contribution < -0.4 is 10.1 Å². The summed E-state index contributed by atoms with van der Waals surface area (Å²) in [5, 5.41) is 4.16. The SMILES string of the molecule is COc1cccc2c1CCN(C(=O)c1c(C)oc3ncnc(NC4(C)CC4)c13)C2. The fraction of sp³-hybridized carbons (Fsp3) is 0.409. The maximum Gasteiger partial charge on any atom is 0.258 e. The van der Waals surface area contributed by atoms with Crippen LogP contribution in [-0.2, 0) is 13.0 Å². The zero-order valence-electron chi connectivity index (χ0n) is 16.9. The third-order valence-electron chi connectivity index (χ3n) is 6.03. The predicted octanol–water partition coefficient (Wildman–Crippen LogP) is 3.70. The topological polar surface area (TPSA) is 80.5 Å². The summed E-state index contributed by atoms with van der Waals surface area (Å²) in [5.74, 6) is 2.09. The van der Waals surface area contributed by atoms with Crippen LogP contribution in [0.15, 0.2) is 28.9 Å². The molecule has 150 valence electrons. The van der Waals surface area contributed by atoms with Crippen molar-refractivity contribution >= 4 is 22.8 Å². The number of aryl methyl sites for hydroxylation is 1. The van der Waals surface area contributed by atoms with Crippen molar-refractivity contribution in [3.8, 4) is 5.75 Å². The Kier molecular flexibility index (Phi) is 4.01. The number of anilines is 1. The normalized spacial score (nSPS) is 17.1. The molecule has 1 amide bonds. The van der Waals surface area contributed by atoms with Crippen molar-refractivity contribution in [2.24, 2.45) is 0 Å². The number of carbonyl (C=O) groups excluding carboxylic acids is 1. The molecule has 29 heavy (non-hydrogen) atoms. The van der Waals surface area contributed by atoms with Gasteiger partial charge in [-0.05, 0) is 44.7 Å². The zero-order valence-corrected chi connectivity index (χ0v) is 16.9. The number of furan rings is 1. The van der Waals surface area contributed by atoms with Gasteiger partial charge in [0.25, 0.3) is 5.91 Å². The van der Waals surface area contributed by atoms with E-state index in [9.17, 15) is 4.79 Å². The van der Waals surface area contributed by atoms with E-state index in [4.69, 9.17) is 9.15 Å². The third kappa shape index (κ3) is 3.01. The minimum atomic E-state index is -0.0477. The summed E-state index contributed by atoms with van der Waals surface area (Å²) in [5.41, 5.74) is 3.34. The van der Waals surface area contributed by atoms with E-state index in [-0.39, 0.29) is 11.4 Å². The second-order valence-electron chi connectivity index (χ2n) is 8.20. The van der Waals surface area contributed by atoms with Crippen molar-refractivity contribution in [2.75, 3.05) is 19.0 Å². The maximum absolute atomic E-state index is 13.5. The summed E-state index contributed by atoms with van der Waals surface area (Å²) in [4.78, 5) is 24.1. The molecule has 0 unspecified atom stereocenters. The number of amides is 1. The van der Waals surface area contributed by atoms with Gasteiger partial charge in [0.1, 0.15) is 23.7 Å². The van der Waals surface area contributed by atoms with E-state index in [1.165, 1.54) is 11.9 Å². The monoisotopic (exact) mass is 392 g/mol. The molecule has 0 spiro atoms. The molecule has 0 atom stereocenters. The molecular formula is C22H24N4O3. The highest BCUT2D eigenvalue weighted by molar-refractivity contribution is 6.10. The Morgan fingerprint density at radius 2 is 2.14 bits per heavy atom. The first kappa shape index (κ1) is 18.0. The van der Waals surface area contributed by atoms with Crippen LogP contribution in [0.25, 0.3) is 11.1 Å². The summed E-state index contributed by atoms with van der Waals surface area (Å²) in [6, 6.07) is 6.00. The number of nitrogens with one attached hydrogen (secondary N) is 1. The average molecular weight is 392 g/mol. The van der Waals surface area contributed by atoms with Gasteiger partial charge in [-0.2, -0.15) is 0 Å². The van der Waals surface area contributed by atoms with Crippen LogP contribution in [0.3, 0.4) is 0 Å². The predicted molar refractivity (Wildman–Crippen MR) is 109 cm³/mol. The van der Waals surface area contributed by atoms with Crippen LogP contribution in [0.4, 0.5) is 5.82 Å². The van der Waals surface area contributed by atoms with Gasteiger partial charge in [0.2, 0.25) is 5.71 Å². The van der Waals surface area contributed by atoms with Gasteiger partial charge >= 0.3 is 0 Å². The van der Waals surface area contributed by atoms with Crippen LogP contribution in [0.5, 0.6) is 5.75 Å². The van der Waals surface area contributed by atoms with E-state index < -0.39 is 0 Å². The summed E-state index contributed by atoms with van der Waals surface area (Å²) in [7, 11) is 1.68. The van der Waals surface area contributed by atoms with Crippen molar-refractivity contribution in [1.82, 2.24) is 14.9 Å². The fourth-order valence-corrected chi connectivity index (χ4v) is 4.09. The molecule has 0 bridgehead atoms. The van der Waals surface area contributed by atoms with Gasteiger partial charge in [-0.15, -0.1) is 0 Å². The minimum Gasteiger partial charge on any atom is -0.496 e. The Hall–Kier alpha value is -3.09. The Morgan fingerprint density at radius 1 is 1.31 bits per heavy atom. The molecule has 7 nitrogen and oxygen atoms in total. The quantitative estimate of drug-likeness (QED) is 0.729. The first-order chi connectivity index (χ1) is 14.0. The summed E-state index contributed by atoms with van der Waals surface area (Å²) < 4.78 is 11.3. The van der Waals surface area contributed by atoms with Crippen LogP contribution in [-0.4, -0.2) is 40.0 Å². The number of ether oxygens (including phenoxy) is 1. The van der Waals surface area contributed by atoms with Gasteiger partial charge in [0.05, 0.1) is 18.1 Å². The molecule has 0 saturated heterocycles. The second-order valence-corrected chi connectivity index (χ2v) is 8.20. The minimum absolute atomic E-state index is 0.0351. The van der Waals surface area contributed by atoms with Crippen LogP contribution in [0.2, 0.25) is 0 Å². The molecule has 0 radical (unpaired) electrons. The van der Waals surface area contributed by atoms with Gasteiger partial charge in [0, 0.05) is 24.2 Å². The van der Waals surface area contributed by atoms with E-state index in [0.29, 0.717) is 41.3 Å². The van der Waals surface area contributed by atoms with E-state index in [1.54, 1.807) is 7.11 Å². The molecule has 2 aromatic heterocycles. The van der Waals surface area contributed by atoms with Crippen molar-refractivity contribution in [2.45, 2.75) is 45.2 Å². The second kappa shape index (κ2) is 6.47. The first-order valence-electron chi connectivity index (χ1n) is 9.95. The molecule has 1 aliphatic heterocycles. The molecule has 3 heterocycles. The molecule has 1 saturated carbocycles. The van der Waals surface area contributed by atoms with Crippen molar-refractivity contribution < 1.29 is 13.9 Å². The maximum atomic E-state index is 13.5. The van der Waals surface area contributed by atoms with E-state index >= 15 is 0 Å². The highest BCUT2D eigenvalue weighted by Crippen LogP contribution is 2.40. The lowest BCUT2D eigenvalue weighted by Crippen LogP contribution is -2.36. The molecule has 1 aromatic carbocycles. The smallest absolute Gasteiger partial charge is 0.258 e. The molecule has 5 rings (SSSR count). The van der Waals surface area contributed by atoms with Crippen molar-refractivity contribution in [1.29, 1.82) is 0 Å². The Bertz CT molecular complexity index is 1120. The molecular weight excluding hydrogens is 368 g/mol. The Labute approximate surface area is 169 Å². The molecule has 1 fully saturated rings. The lowest BCUT2D eigenvalue weighted by Gasteiger charge is -2.30. The van der Waals surface area contributed by atoms with Crippen LogP contribution in [0, 0.1) is 6.92 Å².